The van der Waals surface area contributed by atoms with E-state index in [-0.39, 0.29) is 29.6 Å². The van der Waals surface area contributed by atoms with E-state index in [1.54, 1.807) is 0 Å². The first-order chi connectivity index (χ1) is 28.5. The Morgan fingerprint density at radius 3 is 2.22 bits per heavy atom. The van der Waals surface area contributed by atoms with Crippen LogP contribution >= 0.6 is 0 Å². The molecule has 0 aromatic rings. The van der Waals surface area contributed by atoms with E-state index in [4.69, 9.17) is 37.9 Å². The summed E-state index contributed by atoms with van der Waals surface area (Å²) < 4.78 is 49.8. The van der Waals surface area contributed by atoms with Crippen molar-refractivity contribution in [2.45, 2.75) is 196 Å². The van der Waals surface area contributed by atoms with E-state index in [1.165, 1.54) is 18.9 Å². The predicted octanol–water partition coefficient (Wildman–Crippen LogP) is 0.853. The number of aliphatic hydroxyl groups excluding tert-OH is 8. The molecule has 5 heterocycles. The SMILES string of the molecule is C[C@@H]1CC[C@]2(OC1)O[C@@H]1C[C@@H]3[C@H]4CC=C5C[C@@H](O[C@H]6O[C@@H](CO)[C@H](O[C@H]7OC[C@H](O)[C@@H](O)[C@@H]7O)[C@@H](O)[C@@H]6O[C@H]6O[C@@H](C)[C@H](O)[C@@H](O)[C@@H]6O)CC[C@]5(C)[C@@H]4CC[C@@]3(C)[C@@H]1[C@H]2C. The number of fused-ring (bicyclic) bond motifs is 7. The van der Waals surface area contributed by atoms with Crippen LogP contribution in [-0.2, 0) is 37.9 Å². The van der Waals surface area contributed by atoms with E-state index in [0.29, 0.717) is 48.3 Å². The number of aliphatic hydroxyl groups is 8. The van der Waals surface area contributed by atoms with Crippen LogP contribution in [0.3, 0.4) is 0 Å². The van der Waals surface area contributed by atoms with E-state index in [9.17, 15) is 40.9 Å². The summed E-state index contributed by atoms with van der Waals surface area (Å²) in [6.07, 6.45) is -9.25. The van der Waals surface area contributed by atoms with Crippen molar-refractivity contribution in [1.29, 1.82) is 0 Å². The van der Waals surface area contributed by atoms with E-state index >= 15 is 0 Å². The summed E-state index contributed by atoms with van der Waals surface area (Å²) in [5.74, 6) is 2.65. The van der Waals surface area contributed by atoms with Crippen LogP contribution in [0.15, 0.2) is 11.6 Å². The molecule has 0 unspecified atom stereocenters. The molecular formula is C44H70O16. The highest BCUT2D eigenvalue weighted by Gasteiger charge is 2.69. The number of hydrogen-bond donors (Lipinski definition) is 8. The quantitative estimate of drug-likeness (QED) is 0.166. The van der Waals surface area contributed by atoms with Gasteiger partial charge in [-0.05, 0) is 98.7 Å². The molecule has 16 heteroatoms. The molecule has 9 rings (SSSR count). The van der Waals surface area contributed by atoms with Crippen LogP contribution in [0.5, 0.6) is 0 Å². The van der Waals surface area contributed by atoms with Gasteiger partial charge in [-0.1, -0.05) is 39.3 Å². The second-order valence-electron chi connectivity index (χ2n) is 20.6. The van der Waals surface area contributed by atoms with Gasteiger partial charge in [0.05, 0.1) is 38.1 Å². The molecule has 8 N–H and O–H groups in total. The maximum atomic E-state index is 11.9. The summed E-state index contributed by atoms with van der Waals surface area (Å²) in [4.78, 5) is 0. The molecule has 8 fully saturated rings. The lowest BCUT2D eigenvalue weighted by Crippen LogP contribution is -2.66. The standard InChI is InChI=1S/C44H70O16/c1-19-8-13-44(54-17-19)20(2)30-28(60-44)15-26-24-7-6-22-14-23(9-11-42(22,4)25(24)10-12-43(26,30)5)56-41-38(59-40-35(51)33(49)31(47)21(3)55-40)36(52)37(29(16-45)57-41)58-39-34(50)32(48)27(46)18-53-39/h6,19-21,23-41,45-52H,7-18H2,1-5H3/t19-,20-,21+,23+,24+,25-,26-,27+,28-,29+,30-,31+,32-,33-,34+,35+,36-,37+,38+,39-,40-,41+,42+,43-,44+/m1/s1. The summed E-state index contributed by atoms with van der Waals surface area (Å²) in [6, 6.07) is 0. The van der Waals surface area contributed by atoms with E-state index < -0.39 is 98.4 Å². The van der Waals surface area contributed by atoms with Gasteiger partial charge in [0.2, 0.25) is 0 Å². The number of rotatable bonds is 7. The number of allylic oxidation sites excluding steroid dienone is 1. The van der Waals surface area contributed by atoms with Gasteiger partial charge in [0.25, 0.3) is 0 Å². The highest BCUT2D eigenvalue weighted by molar-refractivity contribution is 5.26. The predicted molar refractivity (Wildman–Crippen MR) is 208 cm³/mol. The van der Waals surface area contributed by atoms with Crippen molar-refractivity contribution in [2.24, 2.45) is 46.3 Å². The zero-order valence-electron chi connectivity index (χ0n) is 35.6. The first-order valence-corrected chi connectivity index (χ1v) is 22.8. The van der Waals surface area contributed by atoms with Crippen LogP contribution < -0.4 is 0 Å². The second-order valence-corrected chi connectivity index (χ2v) is 20.6. The highest BCUT2D eigenvalue weighted by Crippen LogP contribution is 2.70. The van der Waals surface area contributed by atoms with Crippen molar-refractivity contribution in [3.05, 3.63) is 11.6 Å². The smallest absolute Gasteiger partial charge is 0.187 e. The Balaban J connectivity index is 0.913. The number of ether oxygens (including phenoxy) is 8. The fourth-order valence-electron chi connectivity index (χ4n) is 13.7. The lowest BCUT2D eigenvalue weighted by atomic mass is 9.47. The Kier molecular flexibility index (Phi) is 12.2. The van der Waals surface area contributed by atoms with Crippen LogP contribution in [0.4, 0.5) is 0 Å². The molecule has 0 aromatic heterocycles. The van der Waals surface area contributed by atoms with E-state index in [0.717, 1.165) is 45.1 Å². The minimum absolute atomic E-state index is 0.0142. The summed E-state index contributed by atoms with van der Waals surface area (Å²) in [5.41, 5.74) is 1.54. The van der Waals surface area contributed by atoms with Crippen molar-refractivity contribution >= 4 is 0 Å². The molecule has 60 heavy (non-hydrogen) atoms. The van der Waals surface area contributed by atoms with E-state index in [2.05, 4.69) is 33.8 Å². The van der Waals surface area contributed by atoms with Crippen molar-refractivity contribution in [1.82, 2.24) is 0 Å². The third-order valence-corrected chi connectivity index (χ3v) is 17.3. The Labute approximate surface area is 352 Å². The Morgan fingerprint density at radius 2 is 1.48 bits per heavy atom. The highest BCUT2D eigenvalue weighted by atomic mass is 16.8. The van der Waals surface area contributed by atoms with Crippen molar-refractivity contribution in [3.63, 3.8) is 0 Å². The molecule has 5 saturated heterocycles. The van der Waals surface area contributed by atoms with Gasteiger partial charge in [-0.25, -0.2) is 0 Å². The molecule has 0 amide bonds. The van der Waals surface area contributed by atoms with Crippen LogP contribution in [0, 0.1) is 46.3 Å². The first kappa shape index (κ1) is 44.3. The van der Waals surface area contributed by atoms with Crippen LogP contribution in [-0.4, -0.2) is 165 Å². The molecule has 16 nitrogen and oxygen atoms in total. The average molecular weight is 855 g/mol. The average Bonchev–Trinajstić information content (AvgIpc) is 3.68. The van der Waals surface area contributed by atoms with Gasteiger partial charge < -0.3 is 78.7 Å². The zero-order chi connectivity index (χ0) is 42.6. The maximum Gasteiger partial charge on any atom is 0.187 e. The van der Waals surface area contributed by atoms with Gasteiger partial charge in [0.1, 0.15) is 61.0 Å². The van der Waals surface area contributed by atoms with Crippen molar-refractivity contribution < 1.29 is 78.7 Å². The molecule has 25 atom stereocenters. The fraction of sp³-hybridized carbons (Fsp3) is 0.955. The third kappa shape index (κ3) is 7.19. The van der Waals surface area contributed by atoms with Crippen molar-refractivity contribution in [2.75, 3.05) is 19.8 Å². The lowest BCUT2D eigenvalue weighted by molar-refractivity contribution is -0.385. The Morgan fingerprint density at radius 1 is 0.733 bits per heavy atom. The summed E-state index contributed by atoms with van der Waals surface area (Å²) in [5, 5.41) is 85.1. The molecule has 0 bridgehead atoms. The topological polar surface area (TPSA) is 236 Å². The maximum absolute atomic E-state index is 11.9. The third-order valence-electron chi connectivity index (χ3n) is 17.3. The van der Waals surface area contributed by atoms with Gasteiger partial charge in [-0.15, -0.1) is 0 Å². The molecule has 9 aliphatic rings. The molecule has 3 saturated carbocycles. The molecule has 4 aliphatic carbocycles. The summed E-state index contributed by atoms with van der Waals surface area (Å²) >= 11 is 0. The molecule has 1 spiro atoms. The molecule has 0 aromatic carbocycles. The monoisotopic (exact) mass is 854 g/mol. The fourth-order valence-corrected chi connectivity index (χ4v) is 13.7. The van der Waals surface area contributed by atoms with Crippen molar-refractivity contribution in [3.8, 4) is 0 Å². The van der Waals surface area contributed by atoms with Gasteiger partial charge in [-0.2, -0.15) is 0 Å². The van der Waals surface area contributed by atoms with Gasteiger partial charge in [-0.3, -0.25) is 0 Å². The zero-order valence-corrected chi connectivity index (χ0v) is 35.6. The first-order valence-electron chi connectivity index (χ1n) is 22.8. The van der Waals surface area contributed by atoms with Crippen LogP contribution in [0.2, 0.25) is 0 Å². The Bertz CT molecular complexity index is 1560. The van der Waals surface area contributed by atoms with Gasteiger partial charge in [0, 0.05) is 12.3 Å². The molecular weight excluding hydrogens is 784 g/mol. The minimum Gasteiger partial charge on any atom is -0.394 e. The van der Waals surface area contributed by atoms with Gasteiger partial charge >= 0.3 is 0 Å². The minimum atomic E-state index is -1.70. The second kappa shape index (κ2) is 16.5. The van der Waals surface area contributed by atoms with E-state index in [1.807, 2.05) is 0 Å². The normalized spacial score (nSPS) is 57.9. The number of hydrogen-bond acceptors (Lipinski definition) is 16. The largest absolute Gasteiger partial charge is 0.394 e. The summed E-state index contributed by atoms with van der Waals surface area (Å²) in [6.45, 7) is 10.9. The van der Waals surface area contributed by atoms with Crippen LogP contribution in [0.1, 0.15) is 92.4 Å². The molecule has 0 radical (unpaired) electrons. The molecule has 5 aliphatic heterocycles. The Hall–Kier alpha value is -0.900. The van der Waals surface area contributed by atoms with Gasteiger partial charge in [0.15, 0.2) is 24.7 Å². The van der Waals surface area contributed by atoms with Crippen LogP contribution in [0.25, 0.3) is 0 Å². The lowest BCUT2D eigenvalue weighted by Gasteiger charge is -2.58. The summed E-state index contributed by atoms with van der Waals surface area (Å²) in [7, 11) is 0. The molecule has 342 valence electrons.